The van der Waals surface area contributed by atoms with E-state index in [1.807, 2.05) is 6.92 Å². The Labute approximate surface area is 171 Å². The Bertz CT molecular complexity index is 851. The van der Waals surface area contributed by atoms with E-state index in [-0.39, 0.29) is 47.3 Å². The summed E-state index contributed by atoms with van der Waals surface area (Å²) in [6.45, 7) is 3.18. The molecule has 2 aliphatic heterocycles. The summed E-state index contributed by atoms with van der Waals surface area (Å²) in [5.41, 5.74) is 0.422. The molecule has 0 bridgehead atoms. The van der Waals surface area contributed by atoms with Gasteiger partial charge >= 0.3 is 0 Å². The molecule has 2 amide bonds. The number of benzene rings is 1. The number of halogens is 1. The number of piperidine rings is 1. The summed E-state index contributed by atoms with van der Waals surface area (Å²) in [6, 6.07) is 4.86. The van der Waals surface area contributed by atoms with Crippen molar-refractivity contribution in [3.63, 3.8) is 0 Å². The normalized spacial score (nSPS) is 23.5. The van der Waals surface area contributed by atoms with Gasteiger partial charge in [0.2, 0.25) is 5.91 Å². The second kappa shape index (κ2) is 8.79. The van der Waals surface area contributed by atoms with Crippen LogP contribution in [0.2, 0.25) is 0 Å². The third-order valence-electron chi connectivity index (χ3n) is 5.98. The number of hydrogen-bond acceptors (Lipinski definition) is 5. The molecule has 2 aliphatic rings. The van der Waals surface area contributed by atoms with Gasteiger partial charge in [-0.25, -0.2) is 12.8 Å². The maximum Gasteiger partial charge on any atom is 0.251 e. The zero-order valence-electron chi connectivity index (χ0n) is 16.8. The maximum atomic E-state index is 13.0. The van der Waals surface area contributed by atoms with Gasteiger partial charge in [-0.15, -0.1) is 0 Å². The Balaban J connectivity index is 1.48. The number of nitrogens with zero attached hydrogens (tertiary/aromatic N) is 2. The van der Waals surface area contributed by atoms with Crippen LogP contribution in [0.15, 0.2) is 24.3 Å². The molecule has 3 rings (SSSR count). The summed E-state index contributed by atoms with van der Waals surface area (Å²) >= 11 is 0. The van der Waals surface area contributed by atoms with Crippen molar-refractivity contribution in [1.82, 2.24) is 15.1 Å². The topological polar surface area (TPSA) is 86.8 Å². The van der Waals surface area contributed by atoms with Crippen LogP contribution in [0.3, 0.4) is 0 Å². The number of nitrogens with one attached hydrogen (secondary N) is 1. The van der Waals surface area contributed by atoms with Crippen LogP contribution < -0.4 is 5.32 Å². The van der Waals surface area contributed by atoms with Gasteiger partial charge in [0.05, 0.1) is 17.5 Å². The van der Waals surface area contributed by atoms with Crippen molar-refractivity contribution in [2.45, 2.75) is 44.3 Å². The summed E-state index contributed by atoms with van der Waals surface area (Å²) in [4.78, 5) is 28.7. The van der Waals surface area contributed by atoms with Crippen LogP contribution in [0.1, 0.15) is 36.5 Å². The molecule has 0 saturated carbocycles. The van der Waals surface area contributed by atoms with Gasteiger partial charge in [-0.2, -0.15) is 0 Å². The van der Waals surface area contributed by atoms with Crippen LogP contribution >= 0.6 is 0 Å². The van der Waals surface area contributed by atoms with Crippen LogP contribution in [0, 0.1) is 5.82 Å². The molecule has 1 aromatic rings. The van der Waals surface area contributed by atoms with Crippen LogP contribution in [-0.4, -0.2) is 79.8 Å². The van der Waals surface area contributed by atoms with Gasteiger partial charge in [-0.3, -0.25) is 14.5 Å². The Kier molecular flexibility index (Phi) is 6.58. The molecule has 0 aliphatic carbocycles. The first-order valence-electron chi connectivity index (χ1n) is 9.94. The monoisotopic (exact) mass is 425 g/mol. The van der Waals surface area contributed by atoms with E-state index in [0.717, 1.165) is 0 Å². The number of amides is 2. The fraction of sp³-hybridized carbons (Fsp3) is 0.600. The molecule has 2 saturated heterocycles. The molecule has 0 aromatic heterocycles. The molecule has 9 heteroatoms. The van der Waals surface area contributed by atoms with Gasteiger partial charge in [0.25, 0.3) is 5.91 Å². The predicted molar refractivity (Wildman–Crippen MR) is 108 cm³/mol. The number of carbonyl (C=O) groups is 2. The van der Waals surface area contributed by atoms with Crippen molar-refractivity contribution in [3.05, 3.63) is 35.6 Å². The average molecular weight is 426 g/mol. The highest BCUT2D eigenvalue weighted by atomic mass is 32.2. The first-order chi connectivity index (χ1) is 13.7. The molecule has 2 heterocycles. The van der Waals surface area contributed by atoms with E-state index in [4.69, 9.17) is 0 Å². The molecular weight excluding hydrogens is 397 g/mol. The molecule has 1 N–H and O–H groups in total. The number of sulfone groups is 1. The van der Waals surface area contributed by atoms with Gasteiger partial charge in [0.1, 0.15) is 5.82 Å². The zero-order valence-corrected chi connectivity index (χ0v) is 17.6. The number of hydrogen-bond donors (Lipinski definition) is 1. The molecule has 1 aromatic carbocycles. The molecule has 0 spiro atoms. The summed E-state index contributed by atoms with van der Waals surface area (Å²) in [6.07, 6.45) is 1.92. The highest BCUT2D eigenvalue weighted by molar-refractivity contribution is 7.91. The van der Waals surface area contributed by atoms with Gasteiger partial charge < -0.3 is 10.2 Å². The molecule has 160 valence electrons. The molecule has 2 fully saturated rings. The molecular formula is C20H28FN3O4S. The second-order valence-electron chi connectivity index (χ2n) is 7.97. The van der Waals surface area contributed by atoms with Crippen LogP contribution in [0.5, 0.6) is 0 Å². The first kappa shape index (κ1) is 21.7. The van der Waals surface area contributed by atoms with E-state index in [1.54, 1.807) is 11.9 Å². The van der Waals surface area contributed by atoms with Crippen LogP contribution in [0.25, 0.3) is 0 Å². The largest absolute Gasteiger partial charge is 0.349 e. The van der Waals surface area contributed by atoms with Crippen molar-refractivity contribution in [1.29, 1.82) is 0 Å². The second-order valence-corrected chi connectivity index (χ2v) is 10.2. The Hall–Kier alpha value is -2.00. The highest BCUT2D eigenvalue weighted by Gasteiger charge is 2.36. The van der Waals surface area contributed by atoms with Gasteiger partial charge in [0, 0.05) is 37.8 Å². The molecule has 2 unspecified atom stereocenters. The minimum atomic E-state index is -3.04. The first-order valence-corrected chi connectivity index (χ1v) is 11.8. The summed E-state index contributed by atoms with van der Waals surface area (Å²) in [5, 5.41) is 2.97. The molecule has 7 nitrogen and oxygen atoms in total. The van der Waals surface area contributed by atoms with Crippen molar-refractivity contribution < 1.29 is 22.4 Å². The fourth-order valence-electron chi connectivity index (χ4n) is 4.01. The Morgan fingerprint density at radius 1 is 1.17 bits per heavy atom. The van der Waals surface area contributed by atoms with E-state index in [2.05, 4.69) is 10.2 Å². The van der Waals surface area contributed by atoms with Gasteiger partial charge in [0.15, 0.2) is 9.84 Å². The van der Waals surface area contributed by atoms with Crippen molar-refractivity contribution >= 4 is 21.7 Å². The number of likely N-dealkylation sites (N-methyl/N-ethyl adjacent to an activating group) is 1. The lowest BCUT2D eigenvalue weighted by Crippen LogP contribution is -2.53. The quantitative estimate of drug-likeness (QED) is 0.762. The van der Waals surface area contributed by atoms with E-state index >= 15 is 0 Å². The van der Waals surface area contributed by atoms with E-state index in [1.165, 1.54) is 24.3 Å². The lowest BCUT2D eigenvalue weighted by Gasteiger charge is -2.37. The van der Waals surface area contributed by atoms with Crippen molar-refractivity contribution in [2.24, 2.45) is 0 Å². The average Bonchev–Trinajstić information content (AvgIpc) is 3.07. The number of likely N-dealkylation sites (tertiary alicyclic amines) is 1. The van der Waals surface area contributed by atoms with Gasteiger partial charge in [-0.1, -0.05) is 0 Å². The summed E-state index contributed by atoms with van der Waals surface area (Å²) < 4.78 is 36.4. The number of rotatable bonds is 5. The van der Waals surface area contributed by atoms with Crippen molar-refractivity contribution in [2.75, 3.05) is 31.6 Å². The third-order valence-corrected chi connectivity index (χ3v) is 7.73. The summed E-state index contributed by atoms with van der Waals surface area (Å²) in [7, 11) is -1.36. The highest BCUT2D eigenvalue weighted by Crippen LogP contribution is 2.20. The SMILES string of the molecule is CC(C(=O)N(C)C1CCS(=O)(=O)C1)N1CCC(NC(=O)c2ccc(F)cc2)CC1. The van der Waals surface area contributed by atoms with Gasteiger partial charge in [-0.05, 0) is 50.5 Å². The zero-order chi connectivity index (χ0) is 21.2. The Morgan fingerprint density at radius 2 is 1.79 bits per heavy atom. The Morgan fingerprint density at radius 3 is 2.34 bits per heavy atom. The standard InChI is InChI=1S/C20H28FN3O4S/c1-14(20(26)23(2)18-9-12-29(27,28)13-18)24-10-7-17(8-11-24)22-19(25)15-3-5-16(21)6-4-15/h3-6,14,17-18H,7-13H2,1-2H3,(H,22,25). The molecule has 0 radical (unpaired) electrons. The van der Waals surface area contributed by atoms with Crippen LogP contribution in [-0.2, 0) is 14.6 Å². The lowest BCUT2D eigenvalue weighted by atomic mass is 10.0. The lowest BCUT2D eigenvalue weighted by molar-refractivity contribution is -0.137. The van der Waals surface area contributed by atoms with E-state index in [0.29, 0.717) is 37.9 Å². The van der Waals surface area contributed by atoms with E-state index < -0.39 is 9.84 Å². The molecule has 2 atom stereocenters. The molecule has 29 heavy (non-hydrogen) atoms. The smallest absolute Gasteiger partial charge is 0.251 e. The summed E-state index contributed by atoms with van der Waals surface area (Å²) in [5.74, 6) is -0.494. The minimum Gasteiger partial charge on any atom is -0.349 e. The van der Waals surface area contributed by atoms with Crippen molar-refractivity contribution in [3.8, 4) is 0 Å². The predicted octanol–water partition coefficient (Wildman–Crippen LogP) is 1.05. The fourth-order valence-corrected chi connectivity index (χ4v) is 5.79. The number of carbonyl (C=O) groups excluding carboxylic acids is 2. The minimum absolute atomic E-state index is 0.00353. The maximum absolute atomic E-state index is 13.0. The third kappa shape index (κ3) is 5.33. The van der Waals surface area contributed by atoms with Crippen LogP contribution in [0.4, 0.5) is 4.39 Å². The van der Waals surface area contributed by atoms with E-state index in [9.17, 15) is 22.4 Å².